The van der Waals surface area contributed by atoms with Crippen LogP contribution in [0.5, 0.6) is 0 Å². The predicted molar refractivity (Wildman–Crippen MR) is 30.0 cm³/mol. The Balaban J connectivity index is 2.55. The third kappa shape index (κ3) is 0.850. The number of aliphatic imine (C=N–C) groups is 1. The lowest BCUT2D eigenvalue weighted by atomic mass is 10.5. The Kier molecular flexibility index (Phi) is 1.29. The van der Waals surface area contributed by atoms with Crippen LogP contribution in [0.15, 0.2) is 17.4 Å². The Morgan fingerprint density at radius 3 is 3.00 bits per heavy atom. The SMILES string of the molecule is N#CN1C=CN=CC1. The molecule has 0 fully saturated rings. The van der Waals surface area contributed by atoms with Gasteiger partial charge in [0, 0.05) is 18.6 Å². The van der Waals surface area contributed by atoms with Gasteiger partial charge < -0.3 is 0 Å². The van der Waals surface area contributed by atoms with Crippen LogP contribution >= 0.6 is 0 Å². The Labute approximate surface area is 47.6 Å². The topological polar surface area (TPSA) is 39.4 Å². The van der Waals surface area contributed by atoms with Gasteiger partial charge in [-0.05, 0) is 0 Å². The molecule has 1 heterocycles. The smallest absolute Gasteiger partial charge is 0.184 e. The van der Waals surface area contributed by atoms with Crippen LogP contribution in [-0.2, 0) is 0 Å². The number of nitriles is 1. The second kappa shape index (κ2) is 2.12. The molecular formula is C5H5N3. The Bertz CT molecular complexity index is 163. The molecule has 40 valence electrons. The molecule has 0 spiro atoms. The molecule has 0 unspecified atom stereocenters. The van der Waals surface area contributed by atoms with Crippen molar-refractivity contribution in [2.45, 2.75) is 0 Å². The van der Waals surface area contributed by atoms with E-state index in [0.29, 0.717) is 6.54 Å². The molecule has 0 saturated carbocycles. The molecule has 0 saturated heterocycles. The van der Waals surface area contributed by atoms with Crippen molar-refractivity contribution in [1.29, 1.82) is 5.26 Å². The van der Waals surface area contributed by atoms with Gasteiger partial charge in [-0.1, -0.05) is 0 Å². The summed E-state index contributed by atoms with van der Waals surface area (Å²) in [7, 11) is 0. The van der Waals surface area contributed by atoms with Gasteiger partial charge in [-0.2, -0.15) is 5.26 Å². The first-order valence-corrected chi connectivity index (χ1v) is 2.28. The van der Waals surface area contributed by atoms with E-state index in [2.05, 4.69) is 4.99 Å². The van der Waals surface area contributed by atoms with Crippen molar-refractivity contribution < 1.29 is 0 Å². The normalized spacial score (nSPS) is 16.1. The summed E-state index contributed by atoms with van der Waals surface area (Å²) < 4.78 is 0. The van der Waals surface area contributed by atoms with E-state index in [4.69, 9.17) is 5.26 Å². The third-order valence-electron chi connectivity index (χ3n) is 0.845. The average molecular weight is 107 g/mol. The third-order valence-corrected chi connectivity index (χ3v) is 0.845. The van der Waals surface area contributed by atoms with Crippen molar-refractivity contribution >= 4 is 6.21 Å². The molecule has 0 atom stereocenters. The monoisotopic (exact) mass is 107 g/mol. The summed E-state index contributed by atoms with van der Waals surface area (Å²) in [6, 6.07) is 0. The van der Waals surface area contributed by atoms with E-state index in [9.17, 15) is 0 Å². The Morgan fingerprint density at radius 1 is 1.75 bits per heavy atom. The Hall–Kier alpha value is -1.30. The van der Waals surface area contributed by atoms with Gasteiger partial charge in [-0.3, -0.25) is 9.89 Å². The van der Waals surface area contributed by atoms with Gasteiger partial charge in [0.05, 0.1) is 6.54 Å². The molecule has 1 rings (SSSR count). The highest BCUT2D eigenvalue weighted by molar-refractivity contribution is 5.62. The molecule has 0 aliphatic carbocycles. The van der Waals surface area contributed by atoms with E-state index in [0.717, 1.165) is 0 Å². The summed E-state index contributed by atoms with van der Waals surface area (Å²) in [5.41, 5.74) is 0. The first kappa shape index (κ1) is 4.85. The maximum Gasteiger partial charge on any atom is 0.184 e. The van der Waals surface area contributed by atoms with Crippen molar-refractivity contribution in [3.63, 3.8) is 0 Å². The maximum absolute atomic E-state index is 8.25. The molecule has 1 aliphatic rings. The largest absolute Gasteiger partial charge is 0.280 e. The number of nitrogens with zero attached hydrogens (tertiary/aromatic N) is 3. The molecule has 0 N–H and O–H groups in total. The summed E-state index contributed by atoms with van der Waals surface area (Å²) in [6.45, 7) is 0.604. The molecule has 0 aromatic rings. The molecule has 0 aromatic carbocycles. The van der Waals surface area contributed by atoms with Crippen LogP contribution in [0.25, 0.3) is 0 Å². The second-order valence-electron chi connectivity index (χ2n) is 1.38. The predicted octanol–water partition coefficient (Wildman–Crippen LogP) is 0.325. The summed E-state index contributed by atoms with van der Waals surface area (Å²) in [6.07, 6.45) is 6.87. The minimum Gasteiger partial charge on any atom is -0.280 e. The number of hydrogen-bond acceptors (Lipinski definition) is 3. The van der Waals surface area contributed by atoms with Crippen molar-refractivity contribution in [2.24, 2.45) is 4.99 Å². The molecular weight excluding hydrogens is 102 g/mol. The zero-order valence-corrected chi connectivity index (χ0v) is 4.28. The summed E-state index contributed by atoms with van der Waals surface area (Å²) in [5, 5.41) is 8.25. The molecule has 3 heteroatoms. The van der Waals surface area contributed by atoms with E-state index in [-0.39, 0.29) is 0 Å². The van der Waals surface area contributed by atoms with Gasteiger partial charge in [0.25, 0.3) is 0 Å². The minimum atomic E-state index is 0.604. The molecule has 0 radical (unpaired) electrons. The fraction of sp³-hybridized carbons (Fsp3) is 0.200. The van der Waals surface area contributed by atoms with Gasteiger partial charge in [0.1, 0.15) is 0 Å². The van der Waals surface area contributed by atoms with Crippen molar-refractivity contribution in [3.8, 4) is 6.19 Å². The fourth-order valence-corrected chi connectivity index (χ4v) is 0.450. The summed E-state index contributed by atoms with van der Waals surface area (Å²) in [4.78, 5) is 5.27. The van der Waals surface area contributed by atoms with Crippen LogP contribution in [0.2, 0.25) is 0 Å². The van der Waals surface area contributed by atoms with Crippen LogP contribution in [-0.4, -0.2) is 17.7 Å². The summed E-state index contributed by atoms with van der Waals surface area (Å²) >= 11 is 0. The fourth-order valence-electron chi connectivity index (χ4n) is 0.450. The highest BCUT2D eigenvalue weighted by Crippen LogP contribution is 1.89. The number of rotatable bonds is 0. The van der Waals surface area contributed by atoms with Crippen LogP contribution < -0.4 is 0 Å². The maximum atomic E-state index is 8.25. The lowest BCUT2D eigenvalue weighted by Gasteiger charge is -2.06. The van der Waals surface area contributed by atoms with Gasteiger partial charge in [-0.25, -0.2) is 0 Å². The quantitative estimate of drug-likeness (QED) is 0.418. The first-order chi connectivity index (χ1) is 3.93. The molecule has 0 bridgehead atoms. The van der Waals surface area contributed by atoms with Crippen molar-refractivity contribution in [1.82, 2.24) is 4.90 Å². The highest BCUT2D eigenvalue weighted by atomic mass is 15.1. The van der Waals surface area contributed by atoms with Crippen LogP contribution in [0, 0.1) is 11.5 Å². The van der Waals surface area contributed by atoms with Gasteiger partial charge in [0.15, 0.2) is 6.19 Å². The molecule has 8 heavy (non-hydrogen) atoms. The molecule has 3 nitrogen and oxygen atoms in total. The van der Waals surface area contributed by atoms with E-state index in [1.165, 1.54) is 4.90 Å². The first-order valence-electron chi connectivity index (χ1n) is 2.28. The molecule has 1 aliphatic heterocycles. The zero-order chi connectivity index (χ0) is 5.82. The van der Waals surface area contributed by atoms with Crippen molar-refractivity contribution in [2.75, 3.05) is 6.54 Å². The van der Waals surface area contributed by atoms with Crippen LogP contribution in [0.1, 0.15) is 0 Å². The van der Waals surface area contributed by atoms with Crippen LogP contribution in [0.4, 0.5) is 0 Å². The summed E-state index contributed by atoms with van der Waals surface area (Å²) in [5.74, 6) is 0. The van der Waals surface area contributed by atoms with Gasteiger partial charge in [0.2, 0.25) is 0 Å². The minimum absolute atomic E-state index is 0.604. The van der Waals surface area contributed by atoms with Gasteiger partial charge >= 0.3 is 0 Å². The van der Waals surface area contributed by atoms with E-state index < -0.39 is 0 Å². The van der Waals surface area contributed by atoms with Gasteiger partial charge in [-0.15, -0.1) is 0 Å². The second-order valence-corrected chi connectivity index (χ2v) is 1.38. The zero-order valence-electron chi connectivity index (χ0n) is 4.28. The van der Waals surface area contributed by atoms with E-state index >= 15 is 0 Å². The standard InChI is InChI=1S/C5H5N3/c6-5-8-3-1-7-2-4-8/h1-3H,4H2. The molecule has 0 aromatic heterocycles. The lowest BCUT2D eigenvalue weighted by Crippen LogP contribution is -2.14. The lowest BCUT2D eigenvalue weighted by molar-refractivity contribution is 0.600. The van der Waals surface area contributed by atoms with Crippen LogP contribution in [0.3, 0.4) is 0 Å². The number of hydrogen-bond donors (Lipinski definition) is 0. The van der Waals surface area contributed by atoms with E-state index in [1.807, 2.05) is 6.19 Å². The van der Waals surface area contributed by atoms with Crippen molar-refractivity contribution in [3.05, 3.63) is 12.4 Å². The Morgan fingerprint density at radius 2 is 2.62 bits per heavy atom. The average Bonchev–Trinajstić information content (AvgIpc) is 1.90. The molecule has 0 amide bonds. The van der Waals surface area contributed by atoms with E-state index in [1.54, 1.807) is 18.6 Å². The highest BCUT2D eigenvalue weighted by Gasteiger charge is 1.93.